The Balaban J connectivity index is 2.10. The van der Waals surface area contributed by atoms with E-state index in [-0.39, 0.29) is 5.75 Å². The third-order valence-corrected chi connectivity index (χ3v) is 4.06. The maximum atomic E-state index is 12.1. The molecule has 1 saturated heterocycles. The van der Waals surface area contributed by atoms with E-state index >= 15 is 0 Å². The predicted octanol–water partition coefficient (Wildman–Crippen LogP) is 3.22. The van der Waals surface area contributed by atoms with Crippen LogP contribution < -0.4 is 10.5 Å². The summed E-state index contributed by atoms with van der Waals surface area (Å²) in [6.07, 6.45) is -4.71. The Morgan fingerprint density at radius 3 is 1.91 bits per heavy atom. The highest BCUT2D eigenvalue weighted by Crippen LogP contribution is 2.39. The van der Waals surface area contributed by atoms with Crippen LogP contribution in [0.1, 0.15) is 39.2 Å². The van der Waals surface area contributed by atoms with Crippen LogP contribution in [0.2, 0.25) is 0 Å². The topological polar surface area (TPSA) is 53.7 Å². The monoisotopic (exact) mass is 317 g/mol. The molecule has 0 aliphatic carbocycles. The van der Waals surface area contributed by atoms with Gasteiger partial charge in [-0.05, 0) is 45.4 Å². The molecule has 0 aromatic heterocycles. The summed E-state index contributed by atoms with van der Waals surface area (Å²) in [6, 6.07) is 5.37. The molecule has 0 spiro atoms. The van der Waals surface area contributed by atoms with Crippen molar-refractivity contribution in [1.82, 2.24) is 0 Å². The molecule has 8 heteroatoms. The van der Waals surface area contributed by atoms with E-state index < -0.39 is 30.6 Å². The summed E-state index contributed by atoms with van der Waals surface area (Å²) < 4.78 is 51.9. The second-order valence-electron chi connectivity index (χ2n) is 6.27. The molecule has 4 nitrogen and oxygen atoms in total. The van der Waals surface area contributed by atoms with Gasteiger partial charge in [0.1, 0.15) is 5.75 Å². The van der Waals surface area contributed by atoms with E-state index in [0.717, 1.165) is 0 Å². The average Bonchev–Trinajstić information content (AvgIpc) is 2.56. The lowest BCUT2D eigenvalue weighted by molar-refractivity contribution is -0.274. The van der Waals surface area contributed by atoms with Gasteiger partial charge in [-0.3, -0.25) is 0 Å². The number of ether oxygens (including phenoxy) is 1. The SMILES string of the molecule is CC1(C)OB([C@H](N)c2ccc(OC(F)(F)F)cc2)OC1(C)C. The first-order valence-electron chi connectivity index (χ1n) is 6.88. The zero-order valence-electron chi connectivity index (χ0n) is 12.9. The van der Waals surface area contributed by atoms with Gasteiger partial charge in [-0.25, -0.2) is 0 Å². The fourth-order valence-corrected chi connectivity index (χ4v) is 2.08. The van der Waals surface area contributed by atoms with Gasteiger partial charge in [-0.2, -0.15) is 0 Å². The fourth-order valence-electron chi connectivity index (χ4n) is 2.08. The van der Waals surface area contributed by atoms with Crippen molar-refractivity contribution in [3.05, 3.63) is 29.8 Å². The van der Waals surface area contributed by atoms with Gasteiger partial charge in [0.25, 0.3) is 0 Å². The first kappa shape index (κ1) is 17.1. The second-order valence-corrected chi connectivity index (χ2v) is 6.27. The zero-order chi connectivity index (χ0) is 16.8. The molecular weight excluding hydrogens is 298 g/mol. The molecule has 0 amide bonds. The van der Waals surface area contributed by atoms with Crippen LogP contribution in [0.5, 0.6) is 5.75 Å². The number of hydrogen-bond acceptors (Lipinski definition) is 4. The maximum absolute atomic E-state index is 12.1. The number of hydrogen-bond donors (Lipinski definition) is 1. The molecule has 1 fully saturated rings. The minimum atomic E-state index is -4.71. The maximum Gasteiger partial charge on any atom is 0.573 e. The third-order valence-electron chi connectivity index (χ3n) is 4.06. The van der Waals surface area contributed by atoms with Crippen LogP contribution in [0.15, 0.2) is 24.3 Å². The number of nitrogens with two attached hydrogens (primary N) is 1. The number of halogens is 3. The normalized spacial score (nSPS) is 21.7. The van der Waals surface area contributed by atoms with Gasteiger partial charge >= 0.3 is 13.5 Å². The van der Waals surface area contributed by atoms with Gasteiger partial charge in [0.15, 0.2) is 0 Å². The smallest absolute Gasteiger partial charge is 0.406 e. The molecule has 2 N–H and O–H groups in total. The molecule has 1 aromatic carbocycles. The van der Waals surface area contributed by atoms with E-state index in [1.54, 1.807) is 0 Å². The molecule has 1 aliphatic rings. The lowest BCUT2D eigenvalue weighted by atomic mass is 9.75. The minimum Gasteiger partial charge on any atom is -0.406 e. The van der Waals surface area contributed by atoms with Crippen molar-refractivity contribution in [2.24, 2.45) is 5.73 Å². The Kier molecular flexibility index (Phi) is 4.23. The molecule has 0 unspecified atom stereocenters. The van der Waals surface area contributed by atoms with Crippen LogP contribution in [0.3, 0.4) is 0 Å². The molecular formula is C14H19BF3NO3. The fraction of sp³-hybridized carbons (Fsp3) is 0.571. The summed E-state index contributed by atoms with van der Waals surface area (Å²) in [5, 5.41) is 0. The molecule has 0 saturated carbocycles. The van der Waals surface area contributed by atoms with Gasteiger partial charge in [-0.1, -0.05) is 12.1 Å². The molecule has 1 aliphatic heterocycles. The minimum absolute atomic E-state index is 0.294. The molecule has 0 radical (unpaired) electrons. The van der Waals surface area contributed by atoms with Crippen molar-refractivity contribution in [2.45, 2.75) is 51.2 Å². The highest BCUT2D eigenvalue weighted by molar-refractivity contribution is 6.47. The Bertz CT molecular complexity index is 515. The van der Waals surface area contributed by atoms with Crippen molar-refractivity contribution in [3.8, 4) is 5.75 Å². The Morgan fingerprint density at radius 1 is 1.05 bits per heavy atom. The van der Waals surface area contributed by atoms with Gasteiger partial charge in [0, 0.05) is 0 Å². The van der Waals surface area contributed by atoms with E-state index in [1.165, 1.54) is 24.3 Å². The largest absolute Gasteiger partial charge is 0.573 e. The van der Waals surface area contributed by atoms with E-state index in [9.17, 15) is 13.2 Å². The van der Waals surface area contributed by atoms with Crippen LogP contribution in [0.4, 0.5) is 13.2 Å². The van der Waals surface area contributed by atoms with E-state index in [2.05, 4.69) is 4.74 Å². The van der Waals surface area contributed by atoms with Crippen LogP contribution in [0, 0.1) is 0 Å². The van der Waals surface area contributed by atoms with Crippen molar-refractivity contribution in [2.75, 3.05) is 0 Å². The van der Waals surface area contributed by atoms with Crippen LogP contribution in [-0.4, -0.2) is 24.7 Å². The van der Waals surface area contributed by atoms with Gasteiger partial charge < -0.3 is 19.8 Å². The summed E-state index contributed by atoms with van der Waals surface area (Å²) in [7, 11) is -0.667. The van der Waals surface area contributed by atoms with E-state index in [1.807, 2.05) is 27.7 Å². The van der Waals surface area contributed by atoms with Crippen molar-refractivity contribution in [1.29, 1.82) is 0 Å². The molecule has 1 heterocycles. The highest BCUT2D eigenvalue weighted by atomic mass is 19.4. The zero-order valence-corrected chi connectivity index (χ0v) is 12.9. The average molecular weight is 317 g/mol. The molecule has 1 atom stereocenters. The molecule has 2 rings (SSSR count). The van der Waals surface area contributed by atoms with Gasteiger partial charge in [-0.15, -0.1) is 13.2 Å². The van der Waals surface area contributed by atoms with Crippen molar-refractivity contribution in [3.63, 3.8) is 0 Å². The number of benzene rings is 1. The Morgan fingerprint density at radius 2 is 1.50 bits per heavy atom. The van der Waals surface area contributed by atoms with Gasteiger partial charge in [0.2, 0.25) is 0 Å². The predicted molar refractivity (Wildman–Crippen MR) is 76.1 cm³/mol. The quantitative estimate of drug-likeness (QED) is 0.870. The summed E-state index contributed by atoms with van der Waals surface area (Å²) in [6.45, 7) is 7.61. The molecule has 122 valence electrons. The molecule has 1 aromatic rings. The Labute approximate surface area is 127 Å². The van der Waals surface area contributed by atoms with Crippen molar-refractivity contribution < 1.29 is 27.2 Å². The third kappa shape index (κ3) is 3.56. The van der Waals surface area contributed by atoms with E-state index in [4.69, 9.17) is 15.0 Å². The van der Waals surface area contributed by atoms with Crippen molar-refractivity contribution >= 4 is 7.12 Å². The highest BCUT2D eigenvalue weighted by Gasteiger charge is 2.53. The summed E-state index contributed by atoms with van der Waals surface area (Å²) in [4.78, 5) is 0. The standard InChI is InChI=1S/C14H19BF3NO3/c1-12(2)13(3,4)22-15(21-12)11(19)9-5-7-10(8-6-9)20-14(16,17)18/h5-8,11H,19H2,1-4H3/t11-/m1/s1. The summed E-state index contributed by atoms with van der Waals surface area (Å²) in [5.74, 6) is -0.904. The molecule has 0 bridgehead atoms. The lowest BCUT2D eigenvalue weighted by Gasteiger charge is -2.32. The second kappa shape index (κ2) is 5.44. The van der Waals surface area contributed by atoms with Crippen LogP contribution in [-0.2, 0) is 9.31 Å². The summed E-state index contributed by atoms with van der Waals surface area (Å²) in [5.41, 5.74) is 5.67. The lowest BCUT2D eigenvalue weighted by Crippen LogP contribution is -2.41. The van der Waals surface area contributed by atoms with Crippen LogP contribution >= 0.6 is 0 Å². The van der Waals surface area contributed by atoms with E-state index in [0.29, 0.717) is 5.56 Å². The first-order valence-corrected chi connectivity index (χ1v) is 6.88. The van der Waals surface area contributed by atoms with Crippen LogP contribution in [0.25, 0.3) is 0 Å². The van der Waals surface area contributed by atoms with Gasteiger partial charge in [0.05, 0.1) is 17.1 Å². The first-order chi connectivity index (χ1) is 9.91. The molecule has 22 heavy (non-hydrogen) atoms. The summed E-state index contributed by atoms with van der Waals surface area (Å²) >= 11 is 0. The Hall–Kier alpha value is -1.25. The number of rotatable bonds is 3. The number of alkyl halides is 3.